The number of hydrazone groups is 1. The van der Waals surface area contributed by atoms with Gasteiger partial charge in [-0.1, -0.05) is 36.4 Å². The molecule has 0 heterocycles. The number of sulfonamides is 1. The third-order valence-corrected chi connectivity index (χ3v) is 6.33. The van der Waals surface area contributed by atoms with E-state index in [0.29, 0.717) is 28.1 Å². The molecule has 0 aliphatic heterocycles. The summed E-state index contributed by atoms with van der Waals surface area (Å²) < 4.78 is 32.6. The average Bonchev–Trinajstić information content (AvgIpc) is 2.91. The minimum absolute atomic E-state index is 0.142. The van der Waals surface area contributed by atoms with E-state index in [0.717, 1.165) is 0 Å². The van der Waals surface area contributed by atoms with Gasteiger partial charge in [-0.3, -0.25) is 9.52 Å². The van der Waals surface area contributed by atoms with Crippen LogP contribution in [0.15, 0.2) is 119 Å². The smallest absolute Gasteiger partial charge is 0.343 e. The maximum absolute atomic E-state index is 12.4. The fourth-order valence-corrected chi connectivity index (χ4v) is 4.18. The van der Waals surface area contributed by atoms with E-state index < -0.39 is 21.9 Å². The molecule has 0 fully saturated rings. The second-order valence-corrected chi connectivity index (χ2v) is 9.20. The van der Waals surface area contributed by atoms with Gasteiger partial charge in [-0.2, -0.15) is 5.10 Å². The summed E-state index contributed by atoms with van der Waals surface area (Å²) in [7, 11) is -3.72. The van der Waals surface area contributed by atoms with Gasteiger partial charge in [0.05, 0.1) is 16.7 Å². The van der Waals surface area contributed by atoms with E-state index in [2.05, 4.69) is 15.2 Å². The molecule has 2 N–H and O–H groups in total. The lowest BCUT2D eigenvalue weighted by molar-refractivity contribution is 0.0734. The zero-order chi connectivity index (χ0) is 25.4. The van der Waals surface area contributed by atoms with E-state index in [-0.39, 0.29) is 4.90 Å². The highest BCUT2D eigenvalue weighted by Crippen LogP contribution is 2.17. The van der Waals surface area contributed by atoms with Crippen molar-refractivity contribution in [2.45, 2.75) is 4.90 Å². The lowest BCUT2D eigenvalue weighted by Gasteiger charge is -2.08. The highest BCUT2D eigenvalue weighted by Gasteiger charge is 2.14. The number of hydrogen-bond acceptors (Lipinski definition) is 6. The first-order valence-corrected chi connectivity index (χ1v) is 12.3. The second kappa shape index (κ2) is 11.1. The van der Waals surface area contributed by atoms with Crippen molar-refractivity contribution in [1.29, 1.82) is 0 Å². The van der Waals surface area contributed by atoms with Crippen LogP contribution in [0.4, 0.5) is 5.69 Å². The van der Waals surface area contributed by atoms with Crippen molar-refractivity contribution in [2.75, 3.05) is 4.72 Å². The molecule has 0 saturated heterocycles. The minimum atomic E-state index is -3.72. The van der Waals surface area contributed by atoms with Crippen LogP contribution in [-0.4, -0.2) is 26.5 Å². The Balaban J connectivity index is 1.30. The molecule has 9 heteroatoms. The summed E-state index contributed by atoms with van der Waals surface area (Å²) in [5.41, 5.74) is 4.18. The maximum atomic E-state index is 12.4. The number of nitrogens with zero attached hydrogens (tertiary/aromatic N) is 1. The molecule has 8 nitrogen and oxygen atoms in total. The zero-order valence-corrected chi connectivity index (χ0v) is 19.7. The summed E-state index contributed by atoms with van der Waals surface area (Å²) in [6, 6.07) is 29.3. The van der Waals surface area contributed by atoms with Gasteiger partial charge in [0.15, 0.2) is 0 Å². The molecule has 0 unspecified atom stereocenters. The van der Waals surface area contributed by atoms with Crippen molar-refractivity contribution < 1.29 is 22.7 Å². The summed E-state index contributed by atoms with van der Waals surface area (Å²) in [6.45, 7) is 0. The Hall–Kier alpha value is -4.76. The Bertz CT molecular complexity index is 1470. The Morgan fingerprint density at radius 3 is 1.97 bits per heavy atom. The van der Waals surface area contributed by atoms with Gasteiger partial charge in [0.25, 0.3) is 15.9 Å². The SMILES string of the molecule is O=C(N/N=C\c1ccc(OC(=O)c2ccccc2)cc1)c1ccc(NS(=O)(=O)c2ccccc2)cc1. The standard InChI is InChI=1S/C27H21N3O5S/c31-26(21-13-15-23(16-14-21)30-36(33,34)25-9-5-2-6-10-25)29-28-19-20-11-17-24(18-12-20)35-27(32)22-7-3-1-4-8-22/h1-19,30H,(H,29,31)/b28-19-. The molecule has 4 aromatic rings. The van der Waals surface area contributed by atoms with Crippen LogP contribution < -0.4 is 14.9 Å². The van der Waals surface area contributed by atoms with Gasteiger partial charge in [-0.15, -0.1) is 0 Å². The summed E-state index contributed by atoms with van der Waals surface area (Å²) in [6.07, 6.45) is 1.45. The number of ether oxygens (including phenoxy) is 1. The first-order chi connectivity index (χ1) is 17.4. The van der Waals surface area contributed by atoms with Gasteiger partial charge in [0.1, 0.15) is 5.75 Å². The van der Waals surface area contributed by atoms with Crippen LogP contribution in [0.2, 0.25) is 0 Å². The van der Waals surface area contributed by atoms with Crippen molar-refractivity contribution in [1.82, 2.24) is 5.43 Å². The van der Waals surface area contributed by atoms with Crippen molar-refractivity contribution in [3.8, 4) is 5.75 Å². The van der Waals surface area contributed by atoms with Crippen LogP contribution >= 0.6 is 0 Å². The number of hydrogen-bond donors (Lipinski definition) is 2. The number of amides is 1. The Morgan fingerprint density at radius 2 is 1.33 bits per heavy atom. The maximum Gasteiger partial charge on any atom is 0.343 e. The number of carbonyl (C=O) groups excluding carboxylic acids is 2. The van der Waals surface area contributed by atoms with Crippen molar-refractivity contribution in [3.63, 3.8) is 0 Å². The highest BCUT2D eigenvalue weighted by molar-refractivity contribution is 7.92. The summed E-state index contributed by atoms with van der Waals surface area (Å²) in [4.78, 5) is 24.6. The van der Waals surface area contributed by atoms with E-state index >= 15 is 0 Å². The Morgan fingerprint density at radius 1 is 0.722 bits per heavy atom. The Kier molecular flexibility index (Phi) is 7.52. The van der Waals surface area contributed by atoms with Crippen molar-refractivity contribution >= 4 is 33.8 Å². The molecule has 0 saturated carbocycles. The van der Waals surface area contributed by atoms with E-state index in [1.54, 1.807) is 66.7 Å². The van der Waals surface area contributed by atoms with E-state index in [4.69, 9.17) is 4.74 Å². The molecule has 0 aliphatic rings. The molecule has 0 radical (unpaired) electrons. The predicted octanol–water partition coefficient (Wildman–Crippen LogP) is 4.47. The third kappa shape index (κ3) is 6.43. The molecule has 0 spiro atoms. The molecule has 180 valence electrons. The molecule has 0 atom stereocenters. The van der Waals surface area contributed by atoms with Gasteiger partial charge in [0, 0.05) is 11.3 Å². The van der Waals surface area contributed by atoms with Gasteiger partial charge < -0.3 is 4.74 Å². The molecular formula is C27H21N3O5S. The van der Waals surface area contributed by atoms with Crippen LogP contribution in [0, 0.1) is 0 Å². The Labute approximate surface area is 208 Å². The largest absolute Gasteiger partial charge is 0.423 e. The van der Waals surface area contributed by atoms with Crippen LogP contribution in [0.1, 0.15) is 26.3 Å². The fourth-order valence-electron chi connectivity index (χ4n) is 3.10. The molecule has 0 aliphatic carbocycles. The predicted molar refractivity (Wildman–Crippen MR) is 137 cm³/mol. The van der Waals surface area contributed by atoms with Crippen molar-refractivity contribution in [3.05, 3.63) is 126 Å². The molecule has 4 aromatic carbocycles. The average molecular weight is 500 g/mol. The quantitative estimate of drug-likeness (QED) is 0.161. The van der Waals surface area contributed by atoms with E-state index in [1.807, 2.05) is 6.07 Å². The molecular weight excluding hydrogens is 478 g/mol. The summed E-state index contributed by atoms with van der Waals surface area (Å²) in [5.74, 6) is -0.534. The summed E-state index contributed by atoms with van der Waals surface area (Å²) in [5, 5.41) is 3.93. The minimum Gasteiger partial charge on any atom is -0.423 e. The molecule has 4 rings (SSSR count). The first kappa shape index (κ1) is 24.4. The fraction of sp³-hybridized carbons (Fsp3) is 0. The van der Waals surface area contributed by atoms with Crippen LogP contribution in [0.5, 0.6) is 5.75 Å². The van der Waals surface area contributed by atoms with Gasteiger partial charge in [-0.25, -0.2) is 18.6 Å². The normalized spacial score (nSPS) is 11.1. The third-order valence-electron chi connectivity index (χ3n) is 4.93. The lowest BCUT2D eigenvalue weighted by atomic mass is 10.2. The lowest BCUT2D eigenvalue weighted by Crippen LogP contribution is -2.18. The number of esters is 1. The number of carbonyl (C=O) groups is 2. The highest BCUT2D eigenvalue weighted by atomic mass is 32.2. The molecule has 1 amide bonds. The van der Waals surface area contributed by atoms with Crippen LogP contribution in [0.25, 0.3) is 0 Å². The monoisotopic (exact) mass is 499 g/mol. The number of nitrogens with one attached hydrogen (secondary N) is 2. The summed E-state index contributed by atoms with van der Waals surface area (Å²) >= 11 is 0. The van der Waals surface area contributed by atoms with Crippen molar-refractivity contribution in [2.24, 2.45) is 5.10 Å². The molecule has 0 bridgehead atoms. The molecule has 36 heavy (non-hydrogen) atoms. The molecule has 0 aromatic heterocycles. The zero-order valence-electron chi connectivity index (χ0n) is 18.9. The van der Waals surface area contributed by atoms with E-state index in [1.165, 1.54) is 42.6 Å². The van der Waals surface area contributed by atoms with Gasteiger partial charge >= 0.3 is 5.97 Å². The van der Waals surface area contributed by atoms with Gasteiger partial charge in [-0.05, 0) is 78.4 Å². The van der Waals surface area contributed by atoms with Gasteiger partial charge in [0.2, 0.25) is 0 Å². The number of rotatable bonds is 8. The van der Waals surface area contributed by atoms with E-state index in [9.17, 15) is 18.0 Å². The van der Waals surface area contributed by atoms with Crippen LogP contribution in [0.3, 0.4) is 0 Å². The first-order valence-electron chi connectivity index (χ1n) is 10.8. The number of benzene rings is 4. The topological polar surface area (TPSA) is 114 Å². The second-order valence-electron chi connectivity index (χ2n) is 7.52. The van der Waals surface area contributed by atoms with Crippen LogP contribution in [-0.2, 0) is 10.0 Å². The number of anilines is 1.